The van der Waals surface area contributed by atoms with Crippen molar-refractivity contribution in [2.24, 2.45) is 0 Å². The van der Waals surface area contributed by atoms with Gasteiger partial charge in [-0.2, -0.15) is 0 Å². The Labute approximate surface area is 101 Å². The molecule has 0 aliphatic carbocycles. The summed E-state index contributed by atoms with van der Waals surface area (Å²) in [6.45, 7) is 5.91. The van der Waals surface area contributed by atoms with Crippen LogP contribution >= 0.6 is 0 Å². The van der Waals surface area contributed by atoms with Crippen molar-refractivity contribution in [3.8, 4) is 0 Å². The predicted octanol–water partition coefficient (Wildman–Crippen LogP) is 1.77. The van der Waals surface area contributed by atoms with Gasteiger partial charge in [-0.05, 0) is 33.6 Å². The van der Waals surface area contributed by atoms with Gasteiger partial charge in [0.25, 0.3) is 0 Å². The van der Waals surface area contributed by atoms with Gasteiger partial charge in [0, 0.05) is 5.57 Å². The van der Waals surface area contributed by atoms with E-state index in [2.05, 4.69) is 5.32 Å². The Morgan fingerprint density at radius 1 is 1.47 bits per heavy atom. The third-order valence-corrected chi connectivity index (χ3v) is 2.08. The lowest BCUT2D eigenvalue weighted by Gasteiger charge is -2.19. The van der Waals surface area contributed by atoms with Crippen molar-refractivity contribution in [3.63, 3.8) is 0 Å². The van der Waals surface area contributed by atoms with Gasteiger partial charge in [-0.3, -0.25) is 4.79 Å². The van der Waals surface area contributed by atoms with Crippen LogP contribution in [0.15, 0.2) is 11.8 Å². The lowest BCUT2D eigenvalue weighted by atomic mass is 10.1. The smallest absolute Gasteiger partial charge is 0.408 e. The molecule has 5 heteroatoms. The van der Waals surface area contributed by atoms with Crippen molar-refractivity contribution < 1.29 is 19.1 Å². The zero-order valence-electron chi connectivity index (χ0n) is 10.5. The molecule has 0 saturated carbocycles. The Morgan fingerprint density at radius 2 is 2.18 bits per heavy atom. The number of hydrogen-bond acceptors (Lipinski definition) is 4. The maximum atomic E-state index is 11.6. The Morgan fingerprint density at radius 3 is 2.71 bits per heavy atom. The van der Waals surface area contributed by atoms with Crippen LogP contribution in [0.3, 0.4) is 0 Å². The van der Waals surface area contributed by atoms with Gasteiger partial charge in [0.2, 0.25) is 0 Å². The highest BCUT2D eigenvalue weighted by Gasteiger charge is 2.18. The molecule has 0 bridgehead atoms. The highest BCUT2D eigenvalue weighted by Crippen LogP contribution is 2.12. The van der Waals surface area contributed by atoms with Crippen LogP contribution in [-0.4, -0.2) is 30.6 Å². The molecule has 0 aromatic rings. The van der Waals surface area contributed by atoms with Crippen molar-refractivity contribution in [1.82, 2.24) is 5.32 Å². The van der Waals surface area contributed by atoms with Crippen LogP contribution in [0.25, 0.3) is 0 Å². The topological polar surface area (TPSA) is 64.6 Å². The van der Waals surface area contributed by atoms with Gasteiger partial charge in [0.15, 0.2) is 5.78 Å². The number of carbonyl (C=O) groups is 2. The first-order valence-corrected chi connectivity index (χ1v) is 5.69. The number of Topliss-reactive ketones (excluding diaryl/α,β-unsaturated/α-hetero) is 1. The molecule has 0 spiro atoms. The fourth-order valence-electron chi connectivity index (χ4n) is 1.35. The molecule has 1 heterocycles. The second-order valence-corrected chi connectivity index (χ2v) is 4.90. The molecule has 1 aliphatic heterocycles. The number of carbonyl (C=O) groups excluding carboxylic acids is 2. The van der Waals surface area contributed by atoms with E-state index in [0.29, 0.717) is 18.6 Å². The van der Waals surface area contributed by atoms with Gasteiger partial charge in [0.05, 0.1) is 19.4 Å². The van der Waals surface area contributed by atoms with Gasteiger partial charge in [-0.1, -0.05) is 0 Å². The van der Waals surface area contributed by atoms with E-state index in [9.17, 15) is 9.59 Å². The third kappa shape index (κ3) is 5.38. The highest BCUT2D eigenvalue weighted by atomic mass is 16.6. The maximum Gasteiger partial charge on any atom is 0.408 e. The average molecular weight is 241 g/mol. The van der Waals surface area contributed by atoms with Crippen molar-refractivity contribution in [2.45, 2.75) is 39.2 Å². The Bertz CT molecular complexity index is 328. The fourth-order valence-corrected chi connectivity index (χ4v) is 1.35. The van der Waals surface area contributed by atoms with Crippen LogP contribution in [0.1, 0.15) is 33.6 Å². The number of rotatable bonds is 3. The number of nitrogens with one attached hydrogen (secondary N) is 1. The molecule has 0 aromatic carbocycles. The van der Waals surface area contributed by atoms with Crippen LogP contribution in [0.4, 0.5) is 4.79 Å². The minimum Gasteiger partial charge on any atom is -0.501 e. The molecule has 1 rings (SSSR count). The van der Waals surface area contributed by atoms with E-state index in [1.807, 2.05) is 0 Å². The van der Waals surface area contributed by atoms with Crippen LogP contribution < -0.4 is 5.32 Å². The second kappa shape index (κ2) is 5.70. The molecule has 1 aliphatic rings. The molecular formula is C12H19NO4. The summed E-state index contributed by atoms with van der Waals surface area (Å²) in [6.07, 6.45) is 2.43. The van der Waals surface area contributed by atoms with E-state index in [-0.39, 0.29) is 12.3 Å². The zero-order valence-corrected chi connectivity index (χ0v) is 10.5. The van der Waals surface area contributed by atoms with Gasteiger partial charge in [0.1, 0.15) is 5.60 Å². The van der Waals surface area contributed by atoms with Gasteiger partial charge in [-0.25, -0.2) is 4.79 Å². The number of amides is 1. The van der Waals surface area contributed by atoms with Crippen LogP contribution in [0.5, 0.6) is 0 Å². The molecule has 0 radical (unpaired) electrons. The van der Waals surface area contributed by atoms with Gasteiger partial charge in [-0.15, -0.1) is 0 Å². The Kier molecular flexibility index (Phi) is 4.54. The van der Waals surface area contributed by atoms with Crippen molar-refractivity contribution in [3.05, 3.63) is 11.8 Å². The SMILES string of the molecule is CC(C)(C)OC(=O)NCC(=O)C1=COCCC1. The predicted molar refractivity (Wildman–Crippen MR) is 62.5 cm³/mol. The maximum absolute atomic E-state index is 11.6. The molecule has 0 unspecified atom stereocenters. The minimum atomic E-state index is -0.580. The number of ether oxygens (including phenoxy) is 2. The lowest BCUT2D eigenvalue weighted by molar-refractivity contribution is -0.115. The first-order chi connectivity index (χ1) is 7.88. The van der Waals surface area contributed by atoms with Crippen molar-refractivity contribution in [2.75, 3.05) is 13.2 Å². The number of ketones is 1. The lowest BCUT2D eigenvalue weighted by Crippen LogP contribution is -2.36. The molecule has 1 N–H and O–H groups in total. The molecule has 0 aromatic heterocycles. The zero-order chi connectivity index (χ0) is 12.9. The summed E-state index contributed by atoms with van der Waals surface area (Å²) >= 11 is 0. The van der Waals surface area contributed by atoms with E-state index in [0.717, 1.165) is 6.42 Å². The Hall–Kier alpha value is -1.52. The standard InChI is InChI=1S/C12H19NO4/c1-12(2,3)17-11(15)13-7-10(14)9-5-4-6-16-8-9/h8H,4-7H2,1-3H3,(H,13,15). The van der Waals surface area contributed by atoms with Crippen molar-refractivity contribution >= 4 is 11.9 Å². The molecule has 96 valence electrons. The average Bonchev–Trinajstić information content (AvgIpc) is 2.25. The first kappa shape index (κ1) is 13.5. The first-order valence-electron chi connectivity index (χ1n) is 5.69. The molecule has 0 fully saturated rings. The summed E-state index contributed by atoms with van der Waals surface area (Å²) in [5.41, 5.74) is 0.0627. The normalized spacial score (nSPS) is 15.6. The summed E-state index contributed by atoms with van der Waals surface area (Å²) in [4.78, 5) is 23.0. The summed E-state index contributed by atoms with van der Waals surface area (Å²) < 4.78 is 10.1. The van der Waals surface area contributed by atoms with Crippen LogP contribution in [0, 0.1) is 0 Å². The summed E-state index contributed by atoms with van der Waals surface area (Å²) in [5, 5.41) is 2.43. The molecule has 0 atom stereocenters. The van der Waals surface area contributed by atoms with E-state index >= 15 is 0 Å². The van der Waals surface area contributed by atoms with E-state index in [4.69, 9.17) is 9.47 Å². The molecule has 5 nitrogen and oxygen atoms in total. The van der Waals surface area contributed by atoms with Gasteiger partial charge >= 0.3 is 6.09 Å². The molecule has 0 saturated heterocycles. The summed E-state index contributed by atoms with van der Waals surface area (Å²) in [6, 6.07) is 0. The summed E-state index contributed by atoms with van der Waals surface area (Å²) in [5.74, 6) is -0.129. The molecule has 1 amide bonds. The van der Waals surface area contributed by atoms with Gasteiger partial charge < -0.3 is 14.8 Å². The highest BCUT2D eigenvalue weighted by molar-refractivity contribution is 5.98. The third-order valence-electron chi connectivity index (χ3n) is 2.08. The summed E-state index contributed by atoms with van der Waals surface area (Å²) in [7, 11) is 0. The number of hydrogen-bond donors (Lipinski definition) is 1. The molecular weight excluding hydrogens is 222 g/mol. The van der Waals surface area contributed by atoms with Crippen LogP contribution in [-0.2, 0) is 14.3 Å². The van der Waals surface area contributed by atoms with E-state index in [1.54, 1.807) is 20.8 Å². The number of alkyl carbamates (subject to hydrolysis) is 1. The minimum absolute atomic E-state index is 0.0515. The van der Waals surface area contributed by atoms with Crippen LogP contribution in [0.2, 0.25) is 0 Å². The fraction of sp³-hybridized carbons (Fsp3) is 0.667. The second-order valence-electron chi connectivity index (χ2n) is 4.90. The van der Waals surface area contributed by atoms with E-state index in [1.165, 1.54) is 6.26 Å². The quantitative estimate of drug-likeness (QED) is 0.818. The monoisotopic (exact) mass is 241 g/mol. The Balaban J connectivity index is 2.33. The van der Waals surface area contributed by atoms with Crippen molar-refractivity contribution in [1.29, 1.82) is 0 Å². The van der Waals surface area contributed by atoms with E-state index < -0.39 is 11.7 Å². The molecule has 17 heavy (non-hydrogen) atoms. The largest absolute Gasteiger partial charge is 0.501 e.